The molecule has 0 bridgehead atoms. The first kappa shape index (κ1) is 18.8. The Hall–Kier alpha value is -1.95. The number of amides is 1. The van der Waals surface area contributed by atoms with Crippen molar-refractivity contribution in [2.75, 3.05) is 13.1 Å². The Bertz CT molecular complexity index is 644. The number of nitrogens with one attached hydrogen (secondary N) is 1. The molecule has 2 aliphatic rings. The van der Waals surface area contributed by atoms with Crippen LogP contribution in [0.2, 0.25) is 0 Å². The summed E-state index contributed by atoms with van der Waals surface area (Å²) in [6.45, 7) is 2.27. The second-order valence-electron chi connectivity index (χ2n) is 7.60. The molecule has 26 heavy (non-hydrogen) atoms. The van der Waals surface area contributed by atoms with E-state index < -0.39 is 5.97 Å². The monoisotopic (exact) mass is 362 g/mol. The van der Waals surface area contributed by atoms with Crippen LogP contribution < -0.4 is 5.32 Å². The molecule has 1 aromatic rings. The van der Waals surface area contributed by atoms with E-state index >= 15 is 0 Å². The third-order valence-corrected chi connectivity index (χ3v) is 5.59. The van der Waals surface area contributed by atoms with Gasteiger partial charge in [-0.3, -0.25) is 14.5 Å². The maximum Gasteiger partial charge on any atom is 0.306 e. The first-order valence-electron chi connectivity index (χ1n) is 9.51. The molecular formula is C20H27FN2O3. The summed E-state index contributed by atoms with van der Waals surface area (Å²) in [6.07, 6.45) is 4.58. The van der Waals surface area contributed by atoms with E-state index in [1.165, 1.54) is 6.07 Å². The van der Waals surface area contributed by atoms with Crippen LogP contribution in [0.1, 0.15) is 44.1 Å². The molecule has 2 fully saturated rings. The van der Waals surface area contributed by atoms with Crippen LogP contribution in [0.25, 0.3) is 0 Å². The van der Waals surface area contributed by atoms with Crippen LogP contribution in [0.4, 0.5) is 4.39 Å². The molecule has 1 saturated carbocycles. The molecule has 0 spiro atoms. The minimum atomic E-state index is -0.727. The molecule has 6 heteroatoms. The van der Waals surface area contributed by atoms with Crippen molar-refractivity contribution in [2.45, 2.75) is 51.1 Å². The number of nitrogens with zero attached hydrogens (tertiary/aromatic N) is 1. The van der Waals surface area contributed by atoms with Gasteiger partial charge in [-0.25, -0.2) is 4.39 Å². The number of piperidine rings is 1. The van der Waals surface area contributed by atoms with Crippen LogP contribution in [0, 0.1) is 17.7 Å². The van der Waals surface area contributed by atoms with Gasteiger partial charge in [-0.2, -0.15) is 0 Å². The highest BCUT2D eigenvalue weighted by Gasteiger charge is 2.30. The molecule has 2 N–H and O–H groups in total. The van der Waals surface area contributed by atoms with Crippen molar-refractivity contribution < 1.29 is 19.1 Å². The van der Waals surface area contributed by atoms with Gasteiger partial charge >= 0.3 is 5.97 Å². The Labute approximate surface area is 153 Å². The number of halogens is 1. The third kappa shape index (κ3) is 5.04. The number of carbonyl (C=O) groups is 2. The number of hydrogen-bond acceptors (Lipinski definition) is 3. The van der Waals surface area contributed by atoms with Crippen LogP contribution in [0.5, 0.6) is 0 Å². The molecule has 142 valence electrons. The fraction of sp³-hybridized carbons (Fsp3) is 0.600. The Balaban J connectivity index is 1.48. The molecule has 5 nitrogen and oxygen atoms in total. The quantitative estimate of drug-likeness (QED) is 0.845. The Morgan fingerprint density at radius 3 is 2.62 bits per heavy atom. The van der Waals surface area contributed by atoms with Gasteiger partial charge in [-0.05, 0) is 62.8 Å². The number of rotatable bonds is 5. The van der Waals surface area contributed by atoms with E-state index in [9.17, 15) is 14.0 Å². The zero-order chi connectivity index (χ0) is 18.5. The maximum absolute atomic E-state index is 13.3. The van der Waals surface area contributed by atoms with Crippen LogP contribution >= 0.6 is 0 Å². The fourth-order valence-electron chi connectivity index (χ4n) is 4.11. The largest absolute Gasteiger partial charge is 0.481 e. The molecule has 1 aromatic carbocycles. The Kier molecular flexibility index (Phi) is 6.25. The van der Waals surface area contributed by atoms with Gasteiger partial charge in [0, 0.05) is 19.1 Å². The lowest BCUT2D eigenvalue weighted by molar-refractivity contribution is -0.142. The van der Waals surface area contributed by atoms with Crippen LogP contribution in [0.15, 0.2) is 24.3 Å². The SMILES string of the molecule is O=C(O)C1CCC(NC(=O)C2CCCN(Cc3cccc(F)c3)C2)CC1. The van der Waals surface area contributed by atoms with Crippen LogP contribution in [0.3, 0.4) is 0 Å². The van der Waals surface area contributed by atoms with Gasteiger partial charge in [-0.1, -0.05) is 12.1 Å². The van der Waals surface area contributed by atoms with Crippen LogP contribution in [-0.2, 0) is 16.1 Å². The lowest BCUT2D eigenvalue weighted by Crippen LogP contribution is -2.46. The summed E-state index contributed by atoms with van der Waals surface area (Å²) in [5.41, 5.74) is 0.929. The van der Waals surface area contributed by atoms with Crippen molar-refractivity contribution in [1.29, 1.82) is 0 Å². The molecule has 1 unspecified atom stereocenters. The van der Waals surface area contributed by atoms with E-state index in [0.29, 0.717) is 25.9 Å². The zero-order valence-electron chi connectivity index (χ0n) is 15.0. The van der Waals surface area contributed by atoms with E-state index in [4.69, 9.17) is 5.11 Å². The smallest absolute Gasteiger partial charge is 0.306 e. The van der Waals surface area contributed by atoms with E-state index in [2.05, 4.69) is 10.2 Å². The molecular weight excluding hydrogens is 335 g/mol. The molecule has 0 aromatic heterocycles. The van der Waals surface area contributed by atoms with Gasteiger partial charge in [-0.15, -0.1) is 0 Å². The summed E-state index contributed by atoms with van der Waals surface area (Å²) in [7, 11) is 0. The standard InChI is InChI=1S/C20H27FN2O3/c21-17-5-1-3-14(11-17)12-23-10-2-4-16(13-23)19(24)22-18-8-6-15(7-9-18)20(25)26/h1,3,5,11,15-16,18H,2,4,6-10,12-13H2,(H,22,24)(H,25,26). The zero-order valence-corrected chi connectivity index (χ0v) is 15.0. The minimum Gasteiger partial charge on any atom is -0.481 e. The topological polar surface area (TPSA) is 69.6 Å². The lowest BCUT2D eigenvalue weighted by atomic mass is 9.85. The first-order chi connectivity index (χ1) is 12.5. The number of benzene rings is 1. The number of carboxylic acid groups (broad SMARTS) is 1. The first-order valence-corrected chi connectivity index (χ1v) is 9.51. The summed E-state index contributed by atoms with van der Waals surface area (Å²) in [5.74, 6) is -1.19. The number of likely N-dealkylation sites (tertiary alicyclic amines) is 1. The van der Waals surface area contributed by atoms with Gasteiger partial charge in [0.05, 0.1) is 11.8 Å². The van der Waals surface area contributed by atoms with Gasteiger partial charge in [0.25, 0.3) is 0 Å². The summed E-state index contributed by atoms with van der Waals surface area (Å²) in [5, 5.41) is 12.2. The van der Waals surface area contributed by atoms with Crippen molar-refractivity contribution in [3.8, 4) is 0 Å². The van der Waals surface area contributed by atoms with Crippen molar-refractivity contribution >= 4 is 11.9 Å². The second-order valence-corrected chi connectivity index (χ2v) is 7.60. The normalized spacial score (nSPS) is 27.0. The molecule has 1 saturated heterocycles. The summed E-state index contributed by atoms with van der Waals surface area (Å²) in [4.78, 5) is 25.9. The number of aliphatic carboxylic acids is 1. The molecule has 0 radical (unpaired) electrons. The summed E-state index contributed by atoms with van der Waals surface area (Å²) >= 11 is 0. The van der Waals surface area contributed by atoms with Gasteiger partial charge < -0.3 is 10.4 Å². The molecule has 1 aliphatic carbocycles. The highest BCUT2D eigenvalue weighted by atomic mass is 19.1. The van der Waals surface area contributed by atoms with Gasteiger partial charge in [0.1, 0.15) is 5.82 Å². The predicted octanol–water partition coefficient (Wildman–Crippen LogP) is 2.80. The number of hydrogen-bond donors (Lipinski definition) is 2. The minimum absolute atomic E-state index is 0.0468. The van der Waals surface area contributed by atoms with Crippen molar-refractivity contribution in [2.24, 2.45) is 11.8 Å². The molecule has 1 amide bonds. The molecule has 3 rings (SSSR count). The number of carboxylic acids is 1. The maximum atomic E-state index is 13.3. The lowest BCUT2D eigenvalue weighted by Gasteiger charge is -2.34. The Morgan fingerprint density at radius 1 is 1.15 bits per heavy atom. The van der Waals surface area contributed by atoms with Gasteiger partial charge in [0.15, 0.2) is 0 Å². The summed E-state index contributed by atoms with van der Waals surface area (Å²) in [6, 6.07) is 6.70. The number of carbonyl (C=O) groups excluding carboxylic acids is 1. The van der Waals surface area contributed by atoms with E-state index in [1.54, 1.807) is 12.1 Å². The highest BCUT2D eigenvalue weighted by molar-refractivity contribution is 5.79. The third-order valence-electron chi connectivity index (χ3n) is 5.59. The van der Waals surface area contributed by atoms with E-state index in [-0.39, 0.29) is 29.6 Å². The van der Waals surface area contributed by atoms with Crippen molar-refractivity contribution in [3.63, 3.8) is 0 Å². The molecule has 1 heterocycles. The predicted molar refractivity (Wildman–Crippen MR) is 95.9 cm³/mol. The summed E-state index contributed by atoms with van der Waals surface area (Å²) < 4.78 is 13.3. The fourth-order valence-corrected chi connectivity index (χ4v) is 4.11. The van der Waals surface area contributed by atoms with E-state index in [0.717, 1.165) is 37.8 Å². The van der Waals surface area contributed by atoms with Crippen molar-refractivity contribution in [3.05, 3.63) is 35.6 Å². The highest BCUT2D eigenvalue weighted by Crippen LogP contribution is 2.25. The Morgan fingerprint density at radius 2 is 1.92 bits per heavy atom. The molecule has 1 atom stereocenters. The average Bonchev–Trinajstić information content (AvgIpc) is 2.62. The average molecular weight is 362 g/mol. The van der Waals surface area contributed by atoms with E-state index in [1.807, 2.05) is 6.07 Å². The van der Waals surface area contributed by atoms with Crippen LogP contribution in [-0.4, -0.2) is 41.0 Å². The van der Waals surface area contributed by atoms with Gasteiger partial charge in [0.2, 0.25) is 5.91 Å². The second kappa shape index (κ2) is 8.62. The van der Waals surface area contributed by atoms with Crippen molar-refractivity contribution in [1.82, 2.24) is 10.2 Å². The molecule has 1 aliphatic heterocycles.